The Morgan fingerprint density at radius 2 is 1.70 bits per heavy atom. The third-order valence-corrected chi connectivity index (χ3v) is 4.18. The molecule has 0 fully saturated rings. The van der Waals surface area contributed by atoms with E-state index in [1.807, 2.05) is 80.5 Å². The Morgan fingerprint density at radius 3 is 2.37 bits per heavy atom. The highest BCUT2D eigenvalue weighted by Gasteiger charge is 2.13. The van der Waals surface area contributed by atoms with Crippen molar-refractivity contribution in [2.75, 3.05) is 24.3 Å². The zero-order chi connectivity index (χ0) is 19.2. The molecule has 1 unspecified atom stereocenters. The summed E-state index contributed by atoms with van der Waals surface area (Å²) in [5.41, 5.74) is 3.32. The summed E-state index contributed by atoms with van der Waals surface area (Å²) < 4.78 is 0. The van der Waals surface area contributed by atoms with Crippen LogP contribution in [0.1, 0.15) is 29.0 Å². The second-order valence-corrected chi connectivity index (χ2v) is 6.44. The second-order valence-electron chi connectivity index (χ2n) is 6.44. The van der Waals surface area contributed by atoms with Crippen molar-refractivity contribution in [1.29, 1.82) is 0 Å². The normalized spacial score (nSPS) is 11.5. The van der Waals surface area contributed by atoms with Gasteiger partial charge in [-0.15, -0.1) is 0 Å². The van der Waals surface area contributed by atoms with Gasteiger partial charge < -0.3 is 15.5 Å². The molecule has 0 saturated carbocycles. The quantitative estimate of drug-likeness (QED) is 0.699. The van der Waals surface area contributed by atoms with Crippen LogP contribution in [-0.4, -0.2) is 30.0 Å². The number of hydrogen-bond acceptors (Lipinski definition) is 5. The van der Waals surface area contributed by atoms with Crippen LogP contribution in [0.15, 0.2) is 66.9 Å². The van der Waals surface area contributed by atoms with E-state index in [-0.39, 0.29) is 11.9 Å². The van der Waals surface area contributed by atoms with Gasteiger partial charge in [-0.2, -0.15) is 0 Å². The van der Waals surface area contributed by atoms with Gasteiger partial charge in [0, 0.05) is 31.7 Å². The van der Waals surface area contributed by atoms with Gasteiger partial charge in [0.2, 0.25) is 5.95 Å². The Morgan fingerprint density at radius 1 is 1.00 bits per heavy atom. The van der Waals surface area contributed by atoms with Gasteiger partial charge in [-0.3, -0.25) is 4.79 Å². The lowest BCUT2D eigenvalue weighted by Crippen LogP contribution is -2.27. The van der Waals surface area contributed by atoms with Crippen molar-refractivity contribution in [2.45, 2.75) is 13.0 Å². The number of aromatic nitrogens is 2. The zero-order valence-corrected chi connectivity index (χ0v) is 15.7. The summed E-state index contributed by atoms with van der Waals surface area (Å²) in [7, 11) is 3.98. The molecule has 2 aromatic carbocycles. The van der Waals surface area contributed by atoms with E-state index in [4.69, 9.17) is 0 Å². The molecule has 1 heterocycles. The van der Waals surface area contributed by atoms with Crippen LogP contribution in [0.2, 0.25) is 0 Å². The summed E-state index contributed by atoms with van der Waals surface area (Å²) in [5, 5.41) is 6.09. The fourth-order valence-corrected chi connectivity index (χ4v) is 2.61. The predicted molar refractivity (Wildman–Crippen MR) is 108 cm³/mol. The van der Waals surface area contributed by atoms with Crippen LogP contribution in [-0.2, 0) is 0 Å². The molecule has 0 saturated heterocycles. The molecule has 0 radical (unpaired) electrons. The van der Waals surface area contributed by atoms with Crippen LogP contribution < -0.4 is 15.5 Å². The van der Waals surface area contributed by atoms with Crippen LogP contribution in [0, 0.1) is 0 Å². The van der Waals surface area contributed by atoms with Gasteiger partial charge in [0.05, 0.1) is 6.04 Å². The smallest absolute Gasteiger partial charge is 0.270 e. The van der Waals surface area contributed by atoms with E-state index in [0.29, 0.717) is 11.6 Å². The van der Waals surface area contributed by atoms with Gasteiger partial charge in [-0.25, -0.2) is 9.97 Å². The summed E-state index contributed by atoms with van der Waals surface area (Å²) in [6.07, 6.45) is 1.58. The summed E-state index contributed by atoms with van der Waals surface area (Å²) in [4.78, 5) is 23.1. The van der Waals surface area contributed by atoms with Crippen molar-refractivity contribution in [3.05, 3.63) is 78.1 Å². The molecule has 2 N–H and O–H groups in total. The minimum absolute atomic E-state index is 0.108. The molecule has 138 valence electrons. The fourth-order valence-electron chi connectivity index (χ4n) is 2.61. The molecule has 0 bridgehead atoms. The van der Waals surface area contributed by atoms with Crippen molar-refractivity contribution >= 4 is 23.2 Å². The molecule has 0 aliphatic carbocycles. The molecule has 6 nitrogen and oxygen atoms in total. The first-order valence-corrected chi connectivity index (χ1v) is 8.76. The molecule has 1 amide bonds. The van der Waals surface area contributed by atoms with Crippen LogP contribution >= 0.6 is 0 Å². The number of amides is 1. The molecular weight excluding hydrogens is 338 g/mol. The summed E-state index contributed by atoms with van der Waals surface area (Å²) >= 11 is 0. The SMILES string of the molecule is CC(NC(=O)c1ccnc(Nc2ccc(N(C)C)cc2)n1)c1ccccc1. The van der Waals surface area contributed by atoms with Crippen LogP contribution in [0.25, 0.3) is 0 Å². The highest BCUT2D eigenvalue weighted by molar-refractivity contribution is 5.92. The summed E-state index contributed by atoms with van der Waals surface area (Å²) in [6, 6.07) is 19.2. The second kappa shape index (κ2) is 8.31. The maximum atomic E-state index is 12.5. The molecule has 0 aliphatic rings. The number of rotatable bonds is 6. The van der Waals surface area contributed by atoms with Gasteiger partial charge in [-0.05, 0) is 42.8 Å². The minimum Gasteiger partial charge on any atom is -0.378 e. The van der Waals surface area contributed by atoms with Crippen molar-refractivity contribution in [1.82, 2.24) is 15.3 Å². The molecule has 27 heavy (non-hydrogen) atoms. The third kappa shape index (κ3) is 4.82. The Balaban J connectivity index is 1.68. The number of carbonyl (C=O) groups is 1. The molecule has 3 rings (SSSR count). The lowest BCUT2D eigenvalue weighted by Gasteiger charge is -2.14. The van der Waals surface area contributed by atoms with E-state index in [9.17, 15) is 4.79 Å². The van der Waals surface area contributed by atoms with Crippen molar-refractivity contribution < 1.29 is 4.79 Å². The average Bonchev–Trinajstić information content (AvgIpc) is 2.69. The van der Waals surface area contributed by atoms with Crippen molar-refractivity contribution in [2.24, 2.45) is 0 Å². The summed E-state index contributed by atoms with van der Waals surface area (Å²) in [5.74, 6) is 0.146. The van der Waals surface area contributed by atoms with Gasteiger partial charge in [0.15, 0.2) is 0 Å². The first kappa shape index (κ1) is 18.4. The third-order valence-electron chi connectivity index (χ3n) is 4.18. The lowest BCUT2D eigenvalue weighted by molar-refractivity contribution is 0.0935. The molecule has 0 aliphatic heterocycles. The molecule has 3 aromatic rings. The van der Waals surface area contributed by atoms with Crippen LogP contribution in [0.5, 0.6) is 0 Å². The largest absolute Gasteiger partial charge is 0.378 e. The van der Waals surface area contributed by atoms with Gasteiger partial charge >= 0.3 is 0 Å². The van der Waals surface area contributed by atoms with E-state index in [0.717, 1.165) is 16.9 Å². The van der Waals surface area contributed by atoms with Gasteiger partial charge in [-0.1, -0.05) is 30.3 Å². The number of benzene rings is 2. The van der Waals surface area contributed by atoms with Gasteiger partial charge in [0.25, 0.3) is 5.91 Å². The molecule has 6 heteroatoms. The number of carbonyl (C=O) groups excluding carboxylic acids is 1. The van der Waals surface area contributed by atoms with E-state index >= 15 is 0 Å². The van der Waals surface area contributed by atoms with Crippen LogP contribution in [0.3, 0.4) is 0 Å². The van der Waals surface area contributed by atoms with Crippen molar-refractivity contribution in [3.63, 3.8) is 0 Å². The Labute approximate surface area is 159 Å². The summed E-state index contributed by atoms with van der Waals surface area (Å²) in [6.45, 7) is 1.94. The number of nitrogens with zero attached hydrogens (tertiary/aromatic N) is 3. The maximum Gasteiger partial charge on any atom is 0.270 e. The first-order chi connectivity index (χ1) is 13.0. The van der Waals surface area contributed by atoms with E-state index in [1.54, 1.807) is 12.3 Å². The number of hydrogen-bond donors (Lipinski definition) is 2. The number of nitrogens with one attached hydrogen (secondary N) is 2. The topological polar surface area (TPSA) is 70.2 Å². The highest BCUT2D eigenvalue weighted by atomic mass is 16.1. The zero-order valence-electron chi connectivity index (χ0n) is 15.7. The average molecular weight is 361 g/mol. The lowest BCUT2D eigenvalue weighted by atomic mass is 10.1. The Bertz CT molecular complexity index is 894. The van der Waals surface area contributed by atoms with E-state index in [1.165, 1.54) is 0 Å². The van der Waals surface area contributed by atoms with Crippen LogP contribution in [0.4, 0.5) is 17.3 Å². The maximum absolute atomic E-state index is 12.5. The minimum atomic E-state index is -0.236. The standard InChI is InChI=1S/C21H23N5O/c1-15(16-7-5-4-6-8-16)23-20(27)19-13-14-22-21(25-19)24-17-9-11-18(12-10-17)26(2)3/h4-15H,1-3H3,(H,23,27)(H,22,24,25). The molecule has 1 atom stereocenters. The fraction of sp³-hybridized carbons (Fsp3) is 0.190. The number of anilines is 3. The van der Waals surface area contributed by atoms with Crippen molar-refractivity contribution in [3.8, 4) is 0 Å². The molecular formula is C21H23N5O. The predicted octanol–water partition coefficient (Wildman–Crippen LogP) is 3.78. The van der Waals surface area contributed by atoms with E-state index in [2.05, 4.69) is 20.6 Å². The molecule has 1 aromatic heterocycles. The Kier molecular flexibility index (Phi) is 5.66. The highest BCUT2D eigenvalue weighted by Crippen LogP contribution is 2.18. The Hall–Kier alpha value is -3.41. The van der Waals surface area contributed by atoms with Gasteiger partial charge in [0.1, 0.15) is 5.69 Å². The first-order valence-electron chi connectivity index (χ1n) is 8.76. The van der Waals surface area contributed by atoms with E-state index < -0.39 is 0 Å². The monoisotopic (exact) mass is 361 g/mol. The molecule has 0 spiro atoms.